The molecular weight excluding hydrogens is 647 g/mol. The van der Waals surface area contributed by atoms with Crippen LogP contribution in [0.15, 0.2) is 176 Å². The van der Waals surface area contributed by atoms with Crippen molar-refractivity contribution in [2.45, 2.75) is 0 Å². The first-order chi connectivity index (χ1) is 26.3. The molecule has 248 valence electrons. The average molecular weight is 677 g/mol. The van der Waals surface area contributed by atoms with Crippen LogP contribution in [-0.4, -0.2) is 9.13 Å². The Morgan fingerprint density at radius 3 is 2.06 bits per heavy atom. The van der Waals surface area contributed by atoms with Crippen molar-refractivity contribution in [2.24, 2.45) is 0 Å². The van der Waals surface area contributed by atoms with E-state index in [-0.39, 0.29) is 0 Å². The van der Waals surface area contributed by atoms with Crippen LogP contribution in [0.1, 0.15) is 11.1 Å². The summed E-state index contributed by atoms with van der Waals surface area (Å²) >= 11 is 0. The van der Waals surface area contributed by atoms with Gasteiger partial charge in [0, 0.05) is 27.7 Å². The minimum Gasteiger partial charge on any atom is -0.414 e. The van der Waals surface area contributed by atoms with E-state index in [1.807, 2.05) is 0 Å². The summed E-state index contributed by atoms with van der Waals surface area (Å²) < 4.78 is 4.83. The van der Waals surface area contributed by atoms with Crippen LogP contribution in [-0.2, 0) is 0 Å². The van der Waals surface area contributed by atoms with E-state index in [0.29, 0.717) is 0 Å². The van der Waals surface area contributed by atoms with Crippen molar-refractivity contribution in [3.8, 4) is 5.69 Å². The van der Waals surface area contributed by atoms with Crippen LogP contribution in [0.2, 0.25) is 0 Å². The highest BCUT2D eigenvalue weighted by atomic mass is 15.4. The van der Waals surface area contributed by atoms with Gasteiger partial charge in [-0.3, -0.25) is 0 Å². The standard InChI is InChI=1S/C48H30N5/c1-3-14-30(15-4-1)45-34-19-7-9-21-38(34)49-50-48(45)53-39-22-10-8-18-33(39)37-29-36-31(28-44(37)53)26-27-42-46(36)35-20-13-25-43-47(35)52(42)41-24-12-11-23-40(41)51(43)32-16-5-2-6-17-32/h1-29,49H/q-1. The zero-order valence-corrected chi connectivity index (χ0v) is 28.5. The predicted octanol–water partition coefficient (Wildman–Crippen LogP) is 12.9. The molecule has 2 aliphatic heterocycles. The number of rotatable bonds is 3. The van der Waals surface area contributed by atoms with Crippen molar-refractivity contribution in [2.75, 3.05) is 10.3 Å². The highest BCUT2D eigenvalue weighted by molar-refractivity contribution is 6.28. The summed E-state index contributed by atoms with van der Waals surface area (Å²) in [6, 6.07) is 63.5. The quantitative estimate of drug-likeness (QED) is 0.202. The predicted molar refractivity (Wildman–Crippen MR) is 222 cm³/mol. The van der Waals surface area contributed by atoms with Crippen LogP contribution in [0.4, 0.5) is 22.7 Å². The van der Waals surface area contributed by atoms with Crippen LogP contribution in [0.3, 0.4) is 0 Å². The second-order valence-corrected chi connectivity index (χ2v) is 13.9. The van der Waals surface area contributed by atoms with Gasteiger partial charge >= 0.3 is 0 Å². The Hall–Kier alpha value is -7.24. The molecule has 0 amide bonds. The van der Waals surface area contributed by atoms with E-state index in [2.05, 4.69) is 195 Å². The summed E-state index contributed by atoms with van der Waals surface area (Å²) in [5, 5.41) is 7.35. The van der Waals surface area contributed by atoms with E-state index in [1.165, 1.54) is 60.4 Å². The zero-order valence-electron chi connectivity index (χ0n) is 28.5. The van der Waals surface area contributed by atoms with Gasteiger partial charge in [0.25, 0.3) is 0 Å². The van der Waals surface area contributed by atoms with Gasteiger partial charge in [-0.25, -0.2) is 0 Å². The fourth-order valence-electron chi connectivity index (χ4n) is 8.96. The molecule has 53 heavy (non-hydrogen) atoms. The Morgan fingerprint density at radius 2 is 1.17 bits per heavy atom. The van der Waals surface area contributed by atoms with E-state index in [0.717, 1.165) is 44.9 Å². The molecule has 0 aliphatic carbocycles. The number of nitrogens with zero attached hydrogens (tertiary/aromatic N) is 4. The highest BCUT2D eigenvalue weighted by Gasteiger charge is 2.29. The zero-order chi connectivity index (χ0) is 34.6. The third-order valence-electron chi connectivity index (χ3n) is 11.1. The second kappa shape index (κ2) is 10.6. The maximum Gasteiger partial charge on any atom is 0.0783 e. The molecule has 2 aromatic heterocycles. The van der Waals surface area contributed by atoms with Crippen LogP contribution in [0, 0.1) is 0 Å². The number of hydrogen-bond acceptors (Lipinski definition) is 2. The van der Waals surface area contributed by atoms with Gasteiger partial charge in [0.05, 0.1) is 28.1 Å². The molecule has 0 saturated carbocycles. The molecule has 5 heteroatoms. The minimum absolute atomic E-state index is 0.881. The van der Waals surface area contributed by atoms with Crippen molar-refractivity contribution in [1.82, 2.24) is 9.13 Å². The van der Waals surface area contributed by atoms with E-state index in [1.54, 1.807) is 0 Å². The Morgan fingerprint density at radius 1 is 0.453 bits per heavy atom. The lowest BCUT2D eigenvalue weighted by Crippen LogP contribution is -2.17. The highest BCUT2D eigenvalue weighted by Crippen LogP contribution is 2.51. The number of hydrogen-bond donors (Lipinski definition) is 1. The number of anilines is 4. The first kappa shape index (κ1) is 28.5. The smallest absolute Gasteiger partial charge is 0.0783 e. The maximum atomic E-state index is 5.11. The van der Waals surface area contributed by atoms with Crippen molar-refractivity contribution < 1.29 is 0 Å². The molecule has 0 bridgehead atoms. The Labute approximate surface area is 305 Å². The minimum atomic E-state index is 0.881. The van der Waals surface area contributed by atoms with Crippen LogP contribution >= 0.6 is 0 Å². The lowest BCUT2D eigenvalue weighted by Gasteiger charge is -2.35. The van der Waals surface area contributed by atoms with E-state index in [9.17, 15) is 0 Å². The van der Waals surface area contributed by atoms with Gasteiger partial charge in [0.2, 0.25) is 0 Å². The molecule has 2 aliphatic rings. The van der Waals surface area contributed by atoms with Crippen molar-refractivity contribution in [1.29, 1.82) is 0 Å². The van der Waals surface area contributed by atoms with Gasteiger partial charge in [0.1, 0.15) is 0 Å². The molecule has 0 radical (unpaired) electrons. The topological polar surface area (TPSA) is 39.2 Å². The van der Waals surface area contributed by atoms with Gasteiger partial charge in [-0.1, -0.05) is 127 Å². The normalized spacial score (nSPS) is 13.5. The van der Waals surface area contributed by atoms with Gasteiger partial charge in [0.15, 0.2) is 0 Å². The van der Waals surface area contributed by atoms with Gasteiger partial charge in [-0.2, -0.15) is 0 Å². The fourth-order valence-corrected chi connectivity index (χ4v) is 8.96. The van der Waals surface area contributed by atoms with Crippen LogP contribution in [0.25, 0.3) is 76.9 Å². The molecule has 0 atom stereocenters. The molecule has 0 spiro atoms. The number of para-hydroxylation sites is 6. The summed E-state index contributed by atoms with van der Waals surface area (Å²) in [5.74, 6) is 0.881. The largest absolute Gasteiger partial charge is 0.414 e. The SMILES string of the molecule is c1ccc(C2=C(n3c4ccccc4c4cc5c(ccc6c5c5cccc7c5n6-c5ccccc5N7c5ccccc5)cc43)[N-]Nc3ccccc32)cc1. The average Bonchev–Trinajstić information content (AvgIpc) is 3.74. The number of benzene rings is 8. The lowest BCUT2D eigenvalue weighted by molar-refractivity contribution is 1.11. The number of fused-ring (bicyclic) bond motifs is 11. The summed E-state index contributed by atoms with van der Waals surface area (Å²) in [5.41, 5.74) is 22.2. The monoisotopic (exact) mass is 676 g/mol. The van der Waals surface area contributed by atoms with Gasteiger partial charge < -0.3 is 24.9 Å². The Bertz CT molecular complexity index is 3170. The van der Waals surface area contributed by atoms with E-state index >= 15 is 0 Å². The lowest BCUT2D eigenvalue weighted by atomic mass is 9.95. The summed E-state index contributed by atoms with van der Waals surface area (Å²) in [7, 11) is 0. The molecular formula is C48H30N5-. The van der Waals surface area contributed by atoms with Crippen molar-refractivity contribution >= 4 is 88.5 Å². The number of aromatic nitrogens is 2. The molecule has 10 aromatic rings. The molecule has 1 N–H and O–H groups in total. The molecule has 4 heterocycles. The van der Waals surface area contributed by atoms with Crippen LogP contribution < -0.4 is 10.3 Å². The maximum absolute atomic E-state index is 5.11. The summed E-state index contributed by atoms with van der Waals surface area (Å²) in [4.78, 5) is 2.41. The first-order valence-electron chi connectivity index (χ1n) is 18.1. The Balaban J connectivity index is 1.19. The number of nitrogens with one attached hydrogen (secondary N) is 1. The van der Waals surface area contributed by atoms with E-state index < -0.39 is 0 Å². The molecule has 0 unspecified atom stereocenters. The summed E-state index contributed by atoms with van der Waals surface area (Å²) in [6.07, 6.45) is 0. The molecule has 5 nitrogen and oxygen atoms in total. The molecule has 8 aromatic carbocycles. The van der Waals surface area contributed by atoms with Crippen molar-refractivity contribution in [3.05, 3.63) is 192 Å². The molecule has 12 rings (SSSR count). The first-order valence-corrected chi connectivity index (χ1v) is 18.1. The van der Waals surface area contributed by atoms with Gasteiger partial charge in [-0.15, -0.1) is 0 Å². The second-order valence-electron chi connectivity index (χ2n) is 13.9. The third-order valence-corrected chi connectivity index (χ3v) is 11.1. The van der Waals surface area contributed by atoms with E-state index in [4.69, 9.17) is 5.43 Å². The third kappa shape index (κ3) is 3.85. The summed E-state index contributed by atoms with van der Waals surface area (Å²) in [6.45, 7) is 0. The molecule has 0 fully saturated rings. The Kier molecular flexibility index (Phi) is 5.71. The van der Waals surface area contributed by atoms with Gasteiger partial charge in [-0.05, 0) is 98.1 Å². The fraction of sp³-hybridized carbons (Fsp3) is 0. The van der Waals surface area contributed by atoms with Crippen LogP contribution in [0.5, 0.6) is 0 Å². The van der Waals surface area contributed by atoms with Crippen molar-refractivity contribution in [3.63, 3.8) is 0 Å². The molecule has 0 saturated heterocycles.